The summed E-state index contributed by atoms with van der Waals surface area (Å²) in [7, 11) is 0. The Morgan fingerprint density at radius 2 is 2.06 bits per heavy atom. The van der Waals surface area contributed by atoms with Crippen LogP contribution in [0.2, 0.25) is 0 Å². The van der Waals surface area contributed by atoms with Crippen molar-refractivity contribution in [3.05, 3.63) is 22.2 Å². The molecule has 1 saturated carbocycles. The maximum Gasteiger partial charge on any atom is 0.251 e. The first kappa shape index (κ1) is 12.0. The van der Waals surface area contributed by atoms with Crippen LogP contribution < -0.4 is 9.47 Å². The molecule has 3 nitrogen and oxygen atoms in total. The average molecular weight is 311 g/mol. The van der Waals surface area contributed by atoms with Gasteiger partial charge in [-0.3, -0.25) is 0 Å². The molecule has 0 aromatic heterocycles. The molecule has 1 aromatic carbocycles. The SMILES string of the molecule is CC(CC=O)c1cc2c(cc1Br)OC1(CCC1)O2. The van der Waals surface area contributed by atoms with Gasteiger partial charge in [0.25, 0.3) is 5.79 Å². The molecule has 3 rings (SSSR count). The maximum absolute atomic E-state index is 10.6. The van der Waals surface area contributed by atoms with Crippen LogP contribution in [0.5, 0.6) is 11.5 Å². The molecule has 4 heteroatoms. The number of ether oxygens (including phenoxy) is 2. The molecule has 1 atom stereocenters. The van der Waals surface area contributed by atoms with Gasteiger partial charge in [-0.1, -0.05) is 22.9 Å². The molecule has 1 aromatic rings. The highest BCUT2D eigenvalue weighted by molar-refractivity contribution is 9.10. The number of benzene rings is 1. The van der Waals surface area contributed by atoms with E-state index < -0.39 is 5.79 Å². The molecular weight excluding hydrogens is 296 g/mol. The van der Waals surface area contributed by atoms with Gasteiger partial charge in [0.15, 0.2) is 11.5 Å². The van der Waals surface area contributed by atoms with Gasteiger partial charge in [0.2, 0.25) is 0 Å². The Morgan fingerprint density at radius 3 is 2.61 bits per heavy atom. The van der Waals surface area contributed by atoms with Crippen LogP contribution in [-0.2, 0) is 4.79 Å². The molecule has 1 heterocycles. The maximum atomic E-state index is 10.6. The Balaban J connectivity index is 1.92. The predicted molar refractivity (Wildman–Crippen MR) is 71.1 cm³/mol. The second kappa shape index (κ2) is 4.26. The van der Waals surface area contributed by atoms with Crippen molar-refractivity contribution in [2.45, 2.75) is 44.3 Å². The minimum atomic E-state index is -0.395. The number of hydrogen-bond donors (Lipinski definition) is 0. The quantitative estimate of drug-likeness (QED) is 0.797. The number of halogens is 1. The van der Waals surface area contributed by atoms with Gasteiger partial charge in [-0.05, 0) is 30.0 Å². The predicted octanol–water partition coefficient (Wildman–Crippen LogP) is 3.79. The third kappa shape index (κ3) is 1.83. The van der Waals surface area contributed by atoms with E-state index in [1.165, 1.54) is 0 Å². The number of fused-ring (bicyclic) bond motifs is 1. The fourth-order valence-corrected chi connectivity index (χ4v) is 3.16. The van der Waals surface area contributed by atoms with E-state index >= 15 is 0 Å². The van der Waals surface area contributed by atoms with Gasteiger partial charge in [0, 0.05) is 23.7 Å². The molecule has 18 heavy (non-hydrogen) atoms. The van der Waals surface area contributed by atoms with Crippen molar-refractivity contribution in [2.24, 2.45) is 0 Å². The van der Waals surface area contributed by atoms with Crippen molar-refractivity contribution < 1.29 is 14.3 Å². The summed E-state index contributed by atoms with van der Waals surface area (Å²) in [5, 5.41) is 0. The van der Waals surface area contributed by atoms with Crippen molar-refractivity contribution in [2.75, 3.05) is 0 Å². The van der Waals surface area contributed by atoms with Crippen molar-refractivity contribution in [1.82, 2.24) is 0 Å². The van der Waals surface area contributed by atoms with E-state index in [2.05, 4.69) is 15.9 Å². The van der Waals surface area contributed by atoms with Gasteiger partial charge in [-0.25, -0.2) is 0 Å². The lowest BCUT2D eigenvalue weighted by Crippen LogP contribution is -2.45. The van der Waals surface area contributed by atoms with Gasteiger partial charge >= 0.3 is 0 Å². The second-order valence-electron chi connectivity index (χ2n) is 5.09. The topological polar surface area (TPSA) is 35.5 Å². The fourth-order valence-electron chi connectivity index (χ4n) is 2.45. The van der Waals surface area contributed by atoms with E-state index in [0.29, 0.717) is 6.42 Å². The molecule has 0 saturated heterocycles. The Bertz CT molecular complexity index is 494. The first-order chi connectivity index (χ1) is 8.63. The summed E-state index contributed by atoms with van der Waals surface area (Å²) in [6, 6.07) is 3.96. The zero-order valence-corrected chi connectivity index (χ0v) is 11.8. The van der Waals surface area contributed by atoms with Gasteiger partial charge in [-0.15, -0.1) is 0 Å². The van der Waals surface area contributed by atoms with E-state index in [-0.39, 0.29) is 5.92 Å². The van der Waals surface area contributed by atoms with Crippen LogP contribution in [0.1, 0.15) is 44.1 Å². The summed E-state index contributed by atoms with van der Waals surface area (Å²) >= 11 is 3.55. The molecule has 96 valence electrons. The van der Waals surface area contributed by atoms with Crippen LogP contribution in [0.15, 0.2) is 16.6 Å². The molecule has 1 fully saturated rings. The summed E-state index contributed by atoms with van der Waals surface area (Å²) in [5.41, 5.74) is 1.10. The number of carbonyl (C=O) groups is 1. The number of hydrogen-bond acceptors (Lipinski definition) is 3. The largest absolute Gasteiger partial charge is 0.448 e. The number of rotatable bonds is 3. The molecule has 1 unspecified atom stereocenters. The Morgan fingerprint density at radius 1 is 1.39 bits per heavy atom. The van der Waals surface area contributed by atoms with Gasteiger partial charge < -0.3 is 14.3 Å². The third-order valence-corrected chi connectivity index (χ3v) is 4.44. The van der Waals surface area contributed by atoms with Crippen molar-refractivity contribution >= 4 is 22.2 Å². The Kier molecular flexibility index (Phi) is 2.85. The fraction of sp³-hybridized carbons (Fsp3) is 0.500. The standard InChI is InChI=1S/C14H15BrO3/c1-9(3-6-16)10-7-12-13(8-11(10)15)18-14(17-12)4-2-5-14/h6-9H,2-5H2,1H3. The second-order valence-corrected chi connectivity index (χ2v) is 5.95. The van der Waals surface area contributed by atoms with Crippen LogP contribution in [0.4, 0.5) is 0 Å². The highest BCUT2D eigenvalue weighted by atomic mass is 79.9. The van der Waals surface area contributed by atoms with Gasteiger partial charge in [0.05, 0.1) is 0 Å². The van der Waals surface area contributed by atoms with E-state index in [4.69, 9.17) is 9.47 Å². The lowest BCUT2D eigenvalue weighted by Gasteiger charge is -2.35. The highest BCUT2D eigenvalue weighted by Crippen LogP contribution is 2.50. The van der Waals surface area contributed by atoms with Crippen LogP contribution in [0, 0.1) is 0 Å². The van der Waals surface area contributed by atoms with E-state index in [0.717, 1.165) is 47.1 Å². The molecule has 2 aliphatic rings. The van der Waals surface area contributed by atoms with E-state index in [1.54, 1.807) is 0 Å². The first-order valence-corrected chi connectivity index (χ1v) is 7.08. The molecule has 1 aliphatic heterocycles. The molecule has 0 bridgehead atoms. The molecule has 0 amide bonds. The smallest absolute Gasteiger partial charge is 0.251 e. The summed E-state index contributed by atoms with van der Waals surface area (Å²) in [5.74, 6) is 1.41. The van der Waals surface area contributed by atoms with Crippen LogP contribution in [0.3, 0.4) is 0 Å². The Labute approximate surface area is 115 Å². The van der Waals surface area contributed by atoms with Crippen LogP contribution in [-0.4, -0.2) is 12.1 Å². The van der Waals surface area contributed by atoms with Crippen molar-refractivity contribution in [3.63, 3.8) is 0 Å². The third-order valence-electron chi connectivity index (χ3n) is 3.75. The van der Waals surface area contributed by atoms with Crippen molar-refractivity contribution in [3.8, 4) is 11.5 Å². The lowest BCUT2D eigenvalue weighted by atomic mass is 9.91. The van der Waals surface area contributed by atoms with Crippen molar-refractivity contribution in [1.29, 1.82) is 0 Å². The molecule has 0 N–H and O–H groups in total. The minimum Gasteiger partial charge on any atom is -0.448 e. The Hall–Kier alpha value is -1.03. The zero-order valence-electron chi connectivity index (χ0n) is 10.2. The lowest BCUT2D eigenvalue weighted by molar-refractivity contribution is -0.138. The van der Waals surface area contributed by atoms with Gasteiger partial charge in [0.1, 0.15) is 6.29 Å². The number of aldehydes is 1. The molecule has 0 radical (unpaired) electrons. The molecule has 1 spiro atoms. The average Bonchev–Trinajstić information content (AvgIpc) is 2.66. The summed E-state index contributed by atoms with van der Waals surface area (Å²) < 4.78 is 12.8. The highest BCUT2D eigenvalue weighted by Gasteiger charge is 2.47. The van der Waals surface area contributed by atoms with E-state index in [9.17, 15) is 4.79 Å². The molecule has 1 aliphatic carbocycles. The summed E-state index contributed by atoms with van der Waals surface area (Å²) in [6.07, 6.45) is 4.54. The monoisotopic (exact) mass is 310 g/mol. The zero-order chi connectivity index (χ0) is 12.8. The molecular formula is C14H15BrO3. The van der Waals surface area contributed by atoms with Crippen LogP contribution in [0.25, 0.3) is 0 Å². The van der Waals surface area contributed by atoms with Crippen LogP contribution >= 0.6 is 15.9 Å². The van der Waals surface area contributed by atoms with E-state index in [1.807, 2.05) is 19.1 Å². The summed E-state index contributed by atoms with van der Waals surface area (Å²) in [6.45, 7) is 2.04. The number of carbonyl (C=O) groups excluding carboxylic acids is 1. The normalized spacial score (nSPS) is 20.6. The minimum absolute atomic E-state index is 0.184. The first-order valence-electron chi connectivity index (χ1n) is 6.29. The van der Waals surface area contributed by atoms with Gasteiger partial charge in [-0.2, -0.15) is 0 Å². The summed E-state index contributed by atoms with van der Waals surface area (Å²) in [4.78, 5) is 10.6.